The molecule has 4 aromatic rings. The highest BCUT2D eigenvalue weighted by molar-refractivity contribution is 5.97. The summed E-state index contributed by atoms with van der Waals surface area (Å²) in [4.78, 5) is 89.6. The van der Waals surface area contributed by atoms with Gasteiger partial charge in [-0.2, -0.15) is 10.2 Å². The normalized spacial score (nSPS) is 10.7. The number of nitro benzene ring substituents is 4. The van der Waals surface area contributed by atoms with Crippen molar-refractivity contribution in [2.24, 2.45) is 10.2 Å². The van der Waals surface area contributed by atoms with Crippen molar-refractivity contribution in [3.63, 3.8) is 0 Å². The molecule has 4 aromatic carbocycles. The average Bonchev–Trinajstić information content (AvgIpc) is 3.12. The van der Waals surface area contributed by atoms with Crippen molar-refractivity contribution in [3.8, 4) is 11.5 Å². The predicted molar refractivity (Wildman–Crippen MR) is 178 cm³/mol. The number of hydrazone groups is 2. The van der Waals surface area contributed by atoms with E-state index in [1.54, 1.807) is 0 Å². The Hall–Kier alpha value is -8.30. The van der Waals surface area contributed by atoms with Crippen LogP contribution >= 0.6 is 0 Å². The SMILES string of the molecule is O=C(CC(=O)N/N=C\c1ccc(OC(=O)c2cc([N+](=O)[O-])cc([N+](=O)[O-])c2)cc1)N/N=C\c1ccc(OC(=O)c2cc([N+](=O)[O-])cc([N+](=O)[O-])c2)cc1. The van der Waals surface area contributed by atoms with Crippen molar-refractivity contribution in [2.75, 3.05) is 0 Å². The van der Waals surface area contributed by atoms with Gasteiger partial charge in [-0.15, -0.1) is 0 Å². The van der Waals surface area contributed by atoms with Gasteiger partial charge in [0.25, 0.3) is 22.7 Å². The first-order chi connectivity index (χ1) is 25.2. The molecule has 0 atom stereocenters. The highest BCUT2D eigenvalue weighted by atomic mass is 16.6. The molecule has 0 saturated heterocycles. The molecule has 268 valence electrons. The number of nitrogens with zero attached hydrogens (tertiary/aromatic N) is 6. The second kappa shape index (κ2) is 16.9. The molecule has 0 unspecified atom stereocenters. The molecule has 22 nitrogen and oxygen atoms in total. The fourth-order valence-electron chi connectivity index (χ4n) is 4.01. The number of rotatable bonds is 14. The van der Waals surface area contributed by atoms with Crippen LogP contribution in [0.1, 0.15) is 38.3 Å². The predicted octanol–water partition coefficient (Wildman–Crippen LogP) is 3.75. The van der Waals surface area contributed by atoms with Gasteiger partial charge in [0.2, 0.25) is 11.8 Å². The molecule has 0 heterocycles. The first-order valence-corrected chi connectivity index (χ1v) is 14.3. The summed E-state index contributed by atoms with van der Waals surface area (Å²) in [5.74, 6) is -3.77. The van der Waals surface area contributed by atoms with E-state index in [1.807, 2.05) is 0 Å². The average molecular weight is 729 g/mol. The molecule has 0 saturated carbocycles. The van der Waals surface area contributed by atoms with Crippen molar-refractivity contribution in [2.45, 2.75) is 6.42 Å². The third kappa shape index (κ3) is 10.8. The van der Waals surface area contributed by atoms with Crippen LogP contribution in [-0.2, 0) is 9.59 Å². The largest absolute Gasteiger partial charge is 0.423 e. The third-order valence-electron chi connectivity index (χ3n) is 6.43. The van der Waals surface area contributed by atoms with E-state index in [2.05, 4.69) is 21.1 Å². The summed E-state index contributed by atoms with van der Waals surface area (Å²) in [6.07, 6.45) is 1.75. The summed E-state index contributed by atoms with van der Waals surface area (Å²) in [7, 11) is 0. The van der Waals surface area contributed by atoms with Crippen LogP contribution in [-0.4, -0.2) is 55.9 Å². The summed E-state index contributed by atoms with van der Waals surface area (Å²) >= 11 is 0. The van der Waals surface area contributed by atoms with Crippen LogP contribution in [0.5, 0.6) is 11.5 Å². The van der Waals surface area contributed by atoms with Gasteiger partial charge in [0.15, 0.2) is 0 Å². The fraction of sp³-hybridized carbons (Fsp3) is 0.0323. The Bertz CT molecular complexity index is 1980. The molecule has 0 spiro atoms. The lowest BCUT2D eigenvalue weighted by molar-refractivity contribution is -0.394. The van der Waals surface area contributed by atoms with Crippen LogP contribution in [0.3, 0.4) is 0 Å². The summed E-state index contributed by atoms with van der Waals surface area (Å²) in [6.45, 7) is 0. The zero-order valence-corrected chi connectivity index (χ0v) is 26.3. The molecule has 2 amide bonds. The number of ether oxygens (including phenoxy) is 2. The maximum Gasteiger partial charge on any atom is 0.344 e. The molecule has 53 heavy (non-hydrogen) atoms. The van der Waals surface area contributed by atoms with E-state index in [4.69, 9.17) is 9.47 Å². The standard InChI is InChI=1S/C31H20N8O14/c40-28(34-32-16-18-1-5-26(6-2-18)52-30(42)20-9-22(36(44)45)13-23(10-20)37(46)47)15-29(41)35-33-17-19-3-7-27(8-4-19)53-31(43)21-11-24(38(48)49)14-25(12-21)39(50)51/h1-14,16-17H,15H2,(H,34,40)(H,35,41)/b32-16-,33-17-. The Morgan fingerprint density at radius 1 is 0.528 bits per heavy atom. The Labute approximate surface area is 293 Å². The maximum absolute atomic E-state index is 12.4. The second-order valence-corrected chi connectivity index (χ2v) is 10.2. The van der Waals surface area contributed by atoms with Gasteiger partial charge in [-0.1, -0.05) is 0 Å². The first-order valence-electron chi connectivity index (χ1n) is 14.3. The van der Waals surface area contributed by atoms with Gasteiger partial charge in [-0.25, -0.2) is 20.4 Å². The van der Waals surface area contributed by atoms with Crippen molar-refractivity contribution in [3.05, 3.63) is 148 Å². The van der Waals surface area contributed by atoms with E-state index in [0.717, 1.165) is 24.3 Å². The molecule has 22 heteroatoms. The van der Waals surface area contributed by atoms with Gasteiger partial charge in [0.1, 0.15) is 17.9 Å². The quantitative estimate of drug-likeness (QED) is 0.0467. The highest BCUT2D eigenvalue weighted by Crippen LogP contribution is 2.25. The number of carbonyl (C=O) groups excluding carboxylic acids is 4. The molecule has 0 aliphatic rings. The number of esters is 2. The molecular weight excluding hydrogens is 708 g/mol. The molecule has 4 rings (SSSR count). The molecular formula is C31H20N8O14. The van der Waals surface area contributed by atoms with E-state index < -0.39 is 83.7 Å². The van der Waals surface area contributed by atoms with E-state index in [9.17, 15) is 59.6 Å². The van der Waals surface area contributed by atoms with Gasteiger partial charge < -0.3 is 9.47 Å². The van der Waals surface area contributed by atoms with E-state index in [-0.39, 0.29) is 11.5 Å². The summed E-state index contributed by atoms with van der Waals surface area (Å²) < 4.78 is 10.2. The van der Waals surface area contributed by atoms with Crippen LogP contribution in [0.15, 0.2) is 95.1 Å². The van der Waals surface area contributed by atoms with E-state index in [1.165, 1.54) is 61.0 Å². The van der Waals surface area contributed by atoms with Gasteiger partial charge >= 0.3 is 11.9 Å². The second-order valence-electron chi connectivity index (χ2n) is 10.2. The summed E-state index contributed by atoms with van der Waals surface area (Å²) in [6, 6.07) is 15.8. The number of benzene rings is 4. The lowest BCUT2D eigenvalue weighted by Gasteiger charge is -2.05. The van der Waals surface area contributed by atoms with Crippen LogP contribution in [0.25, 0.3) is 0 Å². The Balaban J connectivity index is 1.22. The van der Waals surface area contributed by atoms with Crippen LogP contribution in [0.4, 0.5) is 22.7 Å². The van der Waals surface area contributed by atoms with E-state index >= 15 is 0 Å². The highest BCUT2D eigenvalue weighted by Gasteiger charge is 2.22. The zero-order chi connectivity index (χ0) is 38.7. The third-order valence-corrected chi connectivity index (χ3v) is 6.43. The number of hydrogen-bond acceptors (Lipinski definition) is 16. The van der Waals surface area contributed by atoms with Gasteiger partial charge in [-0.05, 0) is 59.7 Å². The number of carbonyl (C=O) groups is 4. The molecule has 0 fully saturated rings. The Kier molecular flexibility index (Phi) is 12.0. The maximum atomic E-state index is 12.4. The molecule has 0 aliphatic carbocycles. The van der Waals surface area contributed by atoms with Gasteiger partial charge in [0.05, 0.1) is 55.4 Å². The molecule has 0 aliphatic heterocycles. The minimum atomic E-state index is -1.08. The summed E-state index contributed by atoms with van der Waals surface area (Å²) in [5.41, 5.74) is 1.61. The van der Waals surface area contributed by atoms with Crippen LogP contribution < -0.4 is 20.3 Å². The van der Waals surface area contributed by atoms with E-state index in [0.29, 0.717) is 23.3 Å². The number of hydrogen-bond donors (Lipinski definition) is 2. The Morgan fingerprint density at radius 3 is 1.11 bits per heavy atom. The first kappa shape index (κ1) is 37.5. The summed E-state index contributed by atoms with van der Waals surface area (Å²) in [5, 5.41) is 51.6. The molecule has 0 bridgehead atoms. The van der Waals surface area contributed by atoms with Crippen LogP contribution in [0.2, 0.25) is 0 Å². The van der Waals surface area contributed by atoms with Gasteiger partial charge in [0, 0.05) is 24.3 Å². The topological polar surface area (TPSA) is 308 Å². The monoisotopic (exact) mass is 728 g/mol. The number of nitrogens with one attached hydrogen (secondary N) is 2. The number of non-ortho nitro benzene ring substituents is 4. The lowest BCUT2D eigenvalue weighted by Crippen LogP contribution is -2.27. The lowest BCUT2D eigenvalue weighted by atomic mass is 10.1. The zero-order valence-electron chi connectivity index (χ0n) is 26.3. The minimum Gasteiger partial charge on any atom is -0.423 e. The fourth-order valence-corrected chi connectivity index (χ4v) is 4.01. The minimum absolute atomic E-state index is 0.00451. The number of amides is 2. The van der Waals surface area contributed by atoms with Gasteiger partial charge in [-0.3, -0.25) is 50.0 Å². The van der Waals surface area contributed by atoms with Crippen molar-refractivity contribution < 1.29 is 48.3 Å². The molecule has 2 N–H and O–H groups in total. The smallest absolute Gasteiger partial charge is 0.344 e. The molecule has 0 radical (unpaired) electrons. The van der Waals surface area contributed by atoms with Crippen molar-refractivity contribution in [1.29, 1.82) is 0 Å². The number of nitro groups is 4. The van der Waals surface area contributed by atoms with Crippen molar-refractivity contribution in [1.82, 2.24) is 10.9 Å². The van der Waals surface area contributed by atoms with Crippen LogP contribution in [0, 0.1) is 40.5 Å². The van der Waals surface area contributed by atoms with Crippen molar-refractivity contribution >= 4 is 58.9 Å². The molecule has 0 aromatic heterocycles. The Morgan fingerprint density at radius 2 is 0.830 bits per heavy atom.